The summed E-state index contributed by atoms with van der Waals surface area (Å²) >= 11 is 0. The number of nitrogens with two attached hydrogens (primary N) is 1. The second kappa shape index (κ2) is 3.48. The maximum atomic E-state index is 5.62. The molecular formula is C11H17N3. The highest BCUT2D eigenvalue weighted by Gasteiger charge is 2.27. The molecule has 0 unspecified atom stereocenters. The molecule has 0 radical (unpaired) electrons. The van der Waals surface area contributed by atoms with E-state index in [0.29, 0.717) is 5.82 Å². The maximum Gasteiger partial charge on any atom is 0.125 e. The van der Waals surface area contributed by atoms with E-state index in [1.165, 1.54) is 25.7 Å². The molecule has 1 fully saturated rings. The van der Waals surface area contributed by atoms with Gasteiger partial charge in [-0.25, -0.2) is 4.98 Å². The van der Waals surface area contributed by atoms with Crippen molar-refractivity contribution in [2.24, 2.45) is 0 Å². The lowest BCUT2D eigenvalue weighted by molar-refractivity contribution is 0.533. The third-order valence-corrected chi connectivity index (χ3v) is 2.93. The van der Waals surface area contributed by atoms with Crippen LogP contribution in [0.1, 0.15) is 32.6 Å². The van der Waals surface area contributed by atoms with Crippen LogP contribution >= 0.6 is 0 Å². The van der Waals surface area contributed by atoms with E-state index in [2.05, 4.69) is 17.2 Å². The molecule has 3 nitrogen and oxygen atoms in total. The fourth-order valence-electron chi connectivity index (χ4n) is 2.15. The molecule has 1 heterocycles. The van der Waals surface area contributed by atoms with Gasteiger partial charge in [-0.05, 0) is 25.8 Å². The van der Waals surface area contributed by atoms with E-state index in [4.69, 9.17) is 5.73 Å². The molecule has 1 aliphatic carbocycles. The van der Waals surface area contributed by atoms with Gasteiger partial charge in [0.2, 0.25) is 0 Å². The zero-order chi connectivity index (χ0) is 10.0. The minimum atomic E-state index is 0.258. The third-order valence-electron chi connectivity index (χ3n) is 2.93. The molecule has 14 heavy (non-hydrogen) atoms. The molecule has 76 valence electrons. The van der Waals surface area contributed by atoms with Crippen LogP contribution in [0, 0.1) is 0 Å². The molecule has 3 heteroatoms. The molecule has 0 aliphatic heterocycles. The number of hydrogen-bond acceptors (Lipinski definition) is 3. The molecule has 0 atom stereocenters. The third kappa shape index (κ3) is 1.97. The van der Waals surface area contributed by atoms with E-state index in [0.717, 1.165) is 5.69 Å². The van der Waals surface area contributed by atoms with Crippen LogP contribution in [0.3, 0.4) is 0 Å². The van der Waals surface area contributed by atoms with Crippen LogP contribution in [-0.4, -0.2) is 10.5 Å². The SMILES string of the molecule is CC1(Nc2ccnc(N)c2)CCCC1. The van der Waals surface area contributed by atoms with Gasteiger partial charge in [-0.2, -0.15) is 0 Å². The van der Waals surface area contributed by atoms with Gasteiger partial charge in [-0.1, -0.05) is 12.8 Å². The standard InChI is InChI=1S/C11H17N3/c1-11(5-2-3-6-11)14-9-4-7-13-10(12)8-9/h4,7-8H,2-3,5-6H2,1H3,(H3,12,13,14). The van der Waals surface area contributed by atoms with Crippen molar-refractivity contribution in [3.63, 3.8) is 0 Å². The summed E-state index contributed by atoms with van der Waals surface area (Å²) in [6, 6.07) is 3.86. The molecule has 1 aromatic heterocycles. The van der Waals surface area contributed by atoms with Crippen LogP contribution < -0.4 is 11.1 Å². The van der Waals surface area contributed by atoms with Crippen LogP contribution in [0.4, 0.5) is 11.5 Å². The van der Waals surface area contributed by atoms with Crippen molar-refractivity contribution in [1.29, 1.82) is 0 Å². The van der Waals surface area contributed by atoms with Gasteiger partial charge in [0.05, 0.1) is 0 Å². The number of aromatic nitrogens is 1. The summed E-state index contributed by atoms with van der Waals surface area (Å²) in [5, 5.41) is 3.54. The first kappa shape index (κ1) is 9.31. The number of rotatable bonds is 2. The van der Waals surface area contributed by atoms with Crippen LogP contribution in [0.5, 0.6) is 0 Å². The average molecular weight is 191 g/mol. The van der Waals surface area contributed by atoms with Crippen LogP contribution in [0.2, 0.25) is 0 Å². The molecule has 1 saturated carbocycles. The first-order valence-corrected chi connectivity index (χ1v) is 5.18. The molecule has 3 N–H and O–H groups in total. The number of nitrogen functional groups attached to an aromatic ring is 1. The fraction of sp³-hybridized carbons (Fsp3) is 0.545. The largest absolute Gasteiger partial charge is 0.384 e. The molecule has 1 aliphatic rings. The first-order valence-electron chi connectivity index (χ1n) is 5.18. The van der Waals surface area contributed by atoms with Crippen LogP contribution in [0.15, 0.2) is 18.3 Å². The number of anilines is 2. The maximum absolute atomic E-state index is 5.62. The van der Waals surface area contributed by atoms with Gasteiger partial charge in [0.1, 0.15) is 5.82 Å². The Morgan fingerprint density at radius 3 is 2.79 bits per heavy atom. The second-order valence-electron chi connectivity index (χ2n) is 4.36. The Labute approximate surface area is 84.7 Å². The van der Waals surface area contributed by atoms with E-state index in [1.807, 2.05) is 12.1 Å². The minimum Gasteiger partial charge on any atom is -0.384 e. The van der Waals surface area contributed by atoms with E-state index in [9.17, 15) is 0 Å². The minimum absolute atomic E-state index is 0.258. The molecule has 1 aromatic rings. The Hall–Kier alpha value is -1.25. The zero-order valence-electron chi connectivity index (χ0n) is 8.59. The van der Waals surface area contributed by atoms with Crippen LogP contribution in [0.25, 0.3) is 0 Å². The summed E-state index contributed by atoms with van der Waals surface area (Å²) in [4.78, 5) is 3.97. The summed E-state index contributed by atoms with van der Waals surface area (Å²) in [5.41, 5.74) is 6.97. The molecule has 0 saturated heterocycles. The van der Waals surface area contributed by atoms with Crippen molar-refractivity contribution in [3.05, 3.63) is 18.3 Å². The lowest BCUT2D eigenvalue weighted by Gasteiger charge is -2.26. The average Bonchev–Trinajstić information content (AvgIpc) is 2.51. The van der Waals surface area contributed by atoms with Gasteiger partial charge >= 0.3 is 0 Å². The predicted octanol–water partition coefficient (Wildman–Crippen LogP) is 2.41. The van der Waals surface area contributed by atoms with Gasteiger partial charge in [-0.15, -0.1) is 0 Å². The predicted molar refractivity (Wildman–Crippen MR) is 59.1 cm³/mol. The van der Waals surface area contributed by atoms with Crippen molar-refractivity contribution < 1.29 is 0 Å². The Balaban J connectivity index is 2.10. The van der Waals surface area contributed by atoms with Gasteiger partial charge < -0.3 is 11.1 Å². The summed E-state index contributed by atoms with van der Waals surface area (Å²) in [6.45, 7) is 2.27. The fourth-order valence-corrected chi connectivity index (χ4v) is 2.15. The topological polar surface area (TPSA) is 50.9 Å². The Morgan fingerprint density at radius 1 is 1.43 bits per heavy atom. The van der Waals surface area contributed by atoms with Crippen molar-refractivity contribution in [2.75, 3.05) is 11.1 Å². The first-order chi connectivity index (χ1) is 6.68. The summed E-state index contributed by atoms with van der Waals surface area (Å²) in [6.07, 6.45) is 6.88. The normalized spacial score (nSPS) is 19.5. The van der Waals surface area contributed by atoms with Gasteiger partial charge in [0, 0.05) is 23.5 Å². The van der Waals surface area contributed by atoms with Crippen molar-refractivity contribution >= 4 is 11.5 Å². The Kier molecular flexibility index (Phi) is 2.32. The van der Waals surface area contributed by atoms with E-state index >= 15 is 0 Å². The summed E-state index contributed by atoms with van der Waals surface area (Å²) < 4.78 is 0. The number of pyridine rings is 1. The van der Waals surface area contributed by atoms with E-state index in [1.54, 1.807) is 6.20 Å². The van der Waals surface area contributed by atoms with Crippen molar-refractivity contribution in [2.45, 2.75) is 38.1 Å². The lowest BCUT2D eigenvalue weighted by Crippen LogP contribution is -2.30. The molecule has 0 spiro atoms. The van der Waals surface area contributed by atoms with Gasteiger partial charge in [-0.3, -0.25) is 0 Å². The molecule has 0 bridgehead atoms. The molecule has 0 aromatic carbocycles. The Bertz CT molecular complexity index is 316. The summed E-state index contributed by atoms with van der Waals surface area (Å²) in [7, 11) is 0. The highest BCUT2D eigenvalue weighted by atomic mass is 15.0. The Morgan fingerprint density at radius 2 is 2.14 bits per heavy atom. The number of nitrogens with zero attached hydrogens (tertiary/aromatic N) is 1. The smallest absolute Gasteiger partial charge is 0.125 e. The highest BCUT2D eigenvalue weighted by molar-refractivity contribution is 5.51. The van der Waals surface area contributed by atoms with E-state index in [-0.39, 0.29) is 5.54 Å². The van der Waals surface area contributed by atoms with Crippen molar-refractivity contribution in [3.8, 4) is 0 Å². The monoisotopic (exact) mass is 191 g/mol. The van der Waals surface area contributed by atoms with Crippen molar-refractivity contribution in [1.82, 2.24) is 4.98 Å². The highest BCUT2D eigenvalue weighted by Crippen LogP contribution is 2.32. The van der Waals surface area contributed by atoms with Gasteiger partial charge in [0.15, 0.2) is 0 Å². The van der Waals surface area contributed by atoms with Gasteiger partial charge in [0.25, 0.3) is 0 Å². The van der Waals surface area contributed by atoms with E-state index < -0.39 is 0 Å². The zero-order valence-corrected chi connectivity index (χ0v) is 8.59. The lowest BCUT2D eigenvalue weighted by atomic mass is 10.0. The quantitative estimate of drug-likeness (QED) is 0.754. The van der Waals surface area contributed by atoms with Crippen LogP contribution in [-0.2, 0) is 0 Å². The molecule has 2 rings (SSSR count). The molecular weight excluding hydrogens is 174 g/mol. The second-order valence-corrected chi connectivity index (χ2v) is 4.36. The number of nitrogens with one attached hydrogen (secondary N) is 1. The summed E-state index contributed by atoms with van der Waals surface area (Å²) in [5.74, 6) is 0.580. The number of hydrogen-bond donors (Lipinski definition) is 2. The molecule has 0 amide bonds.